The van der Waals surface area contributed by atoms with Crippen LogP contribution >= 0.6 is 35.7 Å². The smallest absolute Gasteiger partial charge is 0.191 e. The highest BCUT2D eigenvalue weighted by molar-refractivity contribution is 14.0. The fourth-order valence-electron chi connectivity index (χ4n) is 1.78. The quantitative estimate of drug-likeness (QED) is 0.316. The van der Waals surface area contributed by atoms with Crippen LogP contribution in [-0.4, -0.2) is 31.6 Å². The highest BCUT2D eigenvalue weighted by atomic mass is 127. The summed E-state index contributed by atoms with van der Waals surface area (Å²) in [6, 6.07) is 5.33. The summed E-state index contributed by atoms with van der Waals surface area (Å²) in [7, 11) is 1.74. The van der Waals surface area contributed by atoms with E-state index in [1.165, 1.54) is 0 Å². The average molecular weight is 425 g/mol. The lowest BCUT2D eigenvalue weighted by Gasteiger charge is -2.18. The fourth-order valence-corrected chi connectivity index (χ4v) is 2.22. The van der Waals surface area contributed by atoms with Crippen LogP contribution in [0.25, 0.3) is 0 Å². The van der Waals surface area contributed by atoms with E-state index in [4.69, 9.17) is 0 Å². The lowest BCUT2D eigenvalue weighted by molar-refractivity contribution is 0.607. The number of benzene rings is 1. The van der Waals surface area contributed by atoms with E-state index in [-0.39, 0.29) is 35.8 Å². The molecule has 6 heteroatoms. The Labute approximate surface area is 148 Å². The molecule has 1 rings (SSSR count). The van der Waals surface area contributed by atoms with Crippen LogP contribution in [0.5, 0.6) is 0 Å². The molecule has 1 aromatic rings. The van der Waals surface area contributed by atoms with Crippen molar-refractivity contribution >= 4 is 41.7 Å². The lowest BCUT2D eigenvalue weighted by atomic mass is 10.1. The summed E-state index contributed by atoms with van der Waals surface area (Å²) in [5, 5.41) is 6.53. The van der Waals surface area contributed by atoms with Gasteiger partial charge < -0.3 is 10.6 Å². The van der Waals surface area contributed by atoms with Crippen molar-refractivity contribution < 1.29 is 4.39 Å². The maximum atomic E-state index is 13.6. The topological polar surface area (TPSA) is 36.4 Å². The van der Waals surface area contributed by atoms with Gasteiger partial charge in [-0.25, -0.2) is 4.39 Å². The van der Waals surface area contributed by atoms with E-state index in [0.717, 1.165) is 30.2 Å². The lowest BCUT2D eigenvalue weighted by Crippen LogP contribution is -2.39. The van der Waals surface area contributed by atoms with Crippen LogP contribution in [0, 0.1) is 12.7 Å². The minimum atomic E-state index is -0.168. The first-order valence-electron chi connectivity index (χ1n) is 6.80. The molecule has 0 saturated carbocycles. The number of aliphatic imine (C=N–C) groups is 1. The van der Waals surface area contributed by atoms with Gasteiger partial charge in [0.15, 0.2) is 5.96 Å². The standard InChI is InChI=1S/C15H24FN3S.HI/c1-11-6-7-13(10-14(11)16)12(2)19-15(17-3)18-8-5-9-20-4;/h6-7,10,12H,5,8-9H2,1-4H3,(H2,17,18,19);1H. The third-order valence-electron chi connectivity index (χ3n) is 3.09. The monoisotopic (exact) mass is 425 g/mol. The van der Waals surface area contributed by atoms with Gasteiger partial charge in [0.25, 0.3) is 0 Å². The molecule has 0 spiro atoms. The predicted octanol–water partition coefficient (Wildman–Crippen LogP) is 3.73. The molecule has 0 aliphatic heterocycles. The molecule has 0 aliphatic carbocycles. The van der Waals surface area contributed by atoms with Gasteiger partial charge in [0.05, 0.1) is 6.04 Å². The Morgan fingerprint density at radius 1 is 1.43 bits per heavy atom. The van der Waals surface area contributed by atoms with Gasteiger partial charge in [0.2, 0.25) is 0 Å². The Morgan fingerprint density at radius 3 is 2.71 bits per heavy atom. The SMILES string of the molecule is CN=C(NCCCSC)NC(C)c1ccc(C)c(F)c1.I. The molecule has 120 valence electrons. The molecule has 0 bridgehead atoms. The summed E-state index contributed by atoms with van der Waals surface area (Å²) in [5.41, 5.74) is 1.58. The molecule has 0 amide bonds. The number of hydrogen-bond donors (Lipinski definition) is 2. The minimum Gasteiger partial charge on any atom is -0.356 e. The van der Waals surface area contributed by atoms with E-state index in [2.05, 4.69) is 21.9 Å². The number of nitrogens with one attached hydrogen (secondary N) is 2. The van der Waals surface area contributed by atoms with Crippen LogP contribution in [0.3, 0.4) is 0 Å². The number of guanidine groups is 1. The van der Waals surface area contributed by atoms with Gasteiger partial charge in [-0.15, -0.1) is 24.0 Å². The first kappa shape index (κ1) is 20.5. The first-order chi connectivity index (χ1) is 9.58. The molecule has 0 aliphatic rings. The summed E-state index contributed by atoms with van der Waals surface area (Å²) in [6.45, 7) is 4.65. The number of hydrogen-bond acceptors (Lipinski definition) is 2. The number of aryl methyl sites for hydroxylation is 1. The van der Waals surface area contributed by atoms with Crippen LogP contribution in [0.15, 0.2) is 23.2 Å². The van der Waals surface area contributed by atoms with Crippen LogP contribution in [0.1, 0.15) is 30.5 Å². The molecule has 21 heavy (non-hydrogen) atoms. The van der Waals surface area contributed by atoms with E-state index in [9.17, 15) is 4.39 Å². The van der Waals surface area contributed by atoms with Crippen LogP contribution in [-0.2, 0) is 0 Å². The van der Waals surface area contributed by atoms with Crippen molar-refractivity contribution in [2.75, 3.05) is 25.6 Å². The molecule has 0 saturated heterocycles. The summed E-state index contributed by atoms with van der Waals surface area (Å²) in [4.78, 5) is 4.19. The molecule has 0 heterocycles. The molecule has 1 atom stereocenters. The van der Waals surface area contributed by atoms with Gasteiger partial charge >= 0.3 is 0 Å². The number of rotatable bonds is 6. The zero-order valence-electron chi connectivity index (χ0n) is 13.1. The second-order valence-electron chi connectivity index (χ2n) is 4.72. The Hall–Kier alpha value is -0.500. The highest BCUT2D eigenvalue weighted by Crippen LogP contribution is 2.16. The largest absolute Gasteiger partial charge is 0.356 e. The molecular weight excluding hydrogens is 400 g/mol. The van der Waals surface area contributed by atoms with Crippen LogP contribution < -0.4 is 10.6 Å². The molecule has 0 fully saturated rings. The third-order valence-corrected chi connectivity index (χ3v) is 3.79. The number of thioether (sulfide) groups is 1. The normalized spacial score (nSPS) is 12.5. The Kier molecular flexibility index (Phi) is 10.9. The molecule has 0 aromatic heterocycles. The molecule has 3 nitrogen and oxygen atoms in total. The van der Waals surface area contributed by atoms with Gasteiger partial charge in [-0.3, -0.25) is 4.99 Å². The Morgan fingerprint density at radius 2 is 2.14 bits per heavy atom. The zero-order chi connectivity index (χ0) is 15.0. The predicted molar refractivity (Wildman–Crippen MR) is 102 cm³/mol. The van der Waals surface area contributed by atoms with E-state index >= 15 is 0 Å². The minimum absolute atomic E-state index is 0. The fraction of sp³-hybridized carbons (Fsp3) is 0.533. The van der Waals surface area contributed by atoms with Crippen molar-refractivity contribution in [1.82, 2.24) is 10.6 Å². The van der Waals surface area contributed by atoms with E-state index in [1.54, 1.807) is 26.1 Å². The van der Waals surface area contributed by atoms with E-state index in [0.29, 0.717) is 5.56 Å². The van der Waals surface area contributed by atoms with Crippen LogP contribution in [0.2, 0.25) is 0 Å². The number of nitrogens with zero attached hydrogens (tertiary/aromatic N) is 1. The average Bonchev–Trinajstić information content (AvgIpc) is 2.44. The Balaban J connectivity index is 0.00000400. The van der Waals surface area contributed by atoms with Crippen molar-refractivity contribution in [3.63, 3.8) is 0 Å². The molecule has 1 unspecified atom stereocenters. The molecule has 2 N–H and O–H groups in total. The highest BCUT2D eigenvalue weighted by Gasteiger charge is 2.09. The first-order valence-corrected chi connectivity index (χ1v) is 8.20. The molecule has 0 radical (unpaired) electrons. The summed E-state index contributed by atoms with van der Waals surface area (Å²) in [6.07, 6.45) is 3.19. The van der Waals surface area contributed by atoms with Crippen molar-refractivity contribution in [3.8, 4) is 0 Å². The third kappa shape index (κ3) is 7.35. The summed E-state index contributed by atoms with van der Waals surface area (Å²) >= 11 is 1.83. The zero-order valence-corrected chi connectivity index (χ0v) is 16.2. The van der Waals surface area contributed by atoms with Gasteiger partial charge in [-0.05, 0) is 49.5 Å². The van der Waals surface area contributed by atoms with Crippen molar-refractivity contribution in [2.24, 2.45) is 4.99 Å². The van der Waals surface area contributed by atoms with Gasteiger partial charge in [-0.2, -0.15) is 11.8 Å². The van der Waals surface area contributed by atoms with Crippen molar-refractivity contribution in [3.05, 3.63) is 35.1 Å². The summed E-state index contributed by atoms with van der Waals surface area (Å²) in [5.74, 6) is 1.71. The van der Waals surface area contributed by atoms with Gasteiger partial charge in [0, 0.05) is 13.6 Å². The van der Waals surface area contributed by atoms with Crippen molar-refractivity contribution in [2.45, 2.75) is 26.3 Å². The van der Waals surface area contributed by atoms with Crippen molar-refractivity contribution in [1.29, 1.82) is 0 Å². The molecule has 1 aromatic carbocycles. The molecular formula is C15H25FIN3S. The summed E-state index contributed by atoms with van der Waals surface area (Å²) < 4.78 is 13.6. The van der Waals surface area contributed by atoms with Gasteiger partial charge in [-0.1, -0.05) is 12.1 Å². The second kappa shape index (κ2) is 11.1. The Bertz CT molecular complexity index is 455. The van der Waals surface area contributed by atoms with E-state index < -0.39 is 0 Å². The maximum absolute atomic E-state index is 13.6. The van der Waals surface area contributed by atoms with E-state index in [1.807, 2.05) is 24.8 Å². The van der Waals surface area contributed by atoms with Gasteiger partial charge in [0.1, 0.15) is 5.82 Å². The second-order valence-corrected chi connectivity index (χ2v) is 5.71. The maximum Gasteiger partial charge on any atom is 0.191 e. The number of halogens is 2. The van der Waals surface area contributed by atoms with Crippen LogP contribution in [0.4, 0.5) is 4.39 Å².